The molecule has 1 aromatic heterocycles. The van der Waals surface area contributed by atoms with Crippen LogP contribution in [0, 0.1) is 5.92 Å². The maximum absolute atomic E-state index is 10.7. The van der Waals surface area contributed by atoms with Crippen LogP contribution in [0.1, 0.15) is 12.8 Å². The molecular weight excluding hydrogens is 206 g/mol. The molecular formula is C11H17N3O2. The molecule has 1 heterocycles. The summed E-state index contributed by atoms with van der Waals surface area (Å²) < 4.78 is 1.97. The maximum Gasteiger partial charge on any atom is 0.317 e. The first-order chi connectivity index (χ1) is 7.74. The number of aliphatic carboxylic acids is 1. The molecule has 1 N–H and O–H groups in total. The number of carbonyl (C=O) groups is 1. The van der Waals surface area contributed by atoms with Crippen molar-refractivity contribution in [1.82, 2.24) is 14.5 Å². The first-order valence-electron chi connectivity index (χ1n) is 5.64. The molecule has 0 saturated heterocycles. The third kappa shape index (κ3) is 3.66. The number of hydrogen-bond donors (Lipinski definition) is 1. The smallest absolute Gasteiger partial charge is 0.317 e. The van der Waals surface area contributed by atoms with E-state index in [0.717, 1.165) is 25.6 Å². The van der Waals surface area contributed by atoms with Gasteiger partial charge in [-0.3, -0.25) is 9.69 Å². The number of imidazole rings is 1. The lowest BCUT2D eigenvalue weighted by molar-refractivity contribution is -0.138. The van der Waals surface area contributed by atoms with E-state index >= 15 is 0 Å². The molecule has 0 amide bonds. The lowest BCUT2D eigenvalue weighted by atomic mass is 10.3. The molecule has 5 nitrogen and oxygen atoms in total. The number of carboxylic acids is 1. The van der Waals surface area contributed by atoms with E-state index in [1.165, 1.54) is 12.8 Å². The first-order valence-corrected chi connectivity index (χ1v) is 5.64. The molecule has 0 aliphatic heterocycles. The van der Waals surface area contributed by atoms with Crippen LogP contribution in [0.25, 0.3) is 0 Å². The van der Waals surface area contributed by atoms with Gasteiger partial charge in [0.15, 0.2) is 0 Å². The normalized spacial score (nSPS) is 15.6. The van der Waals surface area contributed by atoms with Crippen molar-refractivity contribution in [3.63, 3.8) is 0 Å². The zero-order chi connectivity index (χ0) is 11.4. The van der Waals surface area contributed by atoms with Crippen molar-refractivity contribution in [1.29, 1.82) is 0 Å². The Morgan fingerprint density at radius 1 is 1.56 bits per heavy atom. The van der Waals surface area contributed by atoms with Gasteiger partial charge in [-0.15, -0.1) is 0 Å². The van der Waals surface area contributed by atoms with E-state index in [1.807, 2.05) is 15.7 Å². The summed E-state index contributed by atoms with van der Waals surface area (Å²) in [4.78, 5) is 16.7. The standard InChI is InChI=1S/C11H17N3O2/c15-11(16)8-14(7-10-1-2-10)6-5-13-4-3-12-9-13/h3-4,9-10H,1-2,5-8H2,(H,15,16). The lowest BCUT2D eigenvalue weighted by Gasteiger charge is -2.19. The molecule has 1 saturated carbocycles. The van der Waals surface area contributed by atoms with Gasteiger partial charge in [-0.2, -0.15) is 0 Å². The van der Waals surface area contributed by atoms with Gasteiger partial charge in [0.1, 0.15) is 0 Å². The molecule has 0 unspecified atom stereocenters. The molecule has 0 bridgehead atoms. The molecule has 1 fully saturated rings. The summed E-state index contributed by atoms with van der Waals surface area (Å²) in [6.07, 6.45) is 7.90. The van der Waals surface area contributed by atoms with Gasteiger partial charge in [0.2, 0.25) is 0 Å². The summed E-state index contributed by atoms with van der Waals surface area (Å²) in [5.74, 6) is -0.0200. The summed E-state index contributed by atoms with van der Waals surface area (Å²) >= 11 is 0. The average molecular weight is 223 g/mol. The fraction of sp³-hybridized carbons (Fsp3) is 0.636. The zero-order valence-corrected chi connectivity index (χ0v) is 9.25. The van der Waals surface area contributed by atoms with Gasteiger partial charge in [-0.1, -0.05) is 0 Å². The van der Waals surface area contributed by atoms with E-state index in [2.05, 4.69) is 4.98 Å². The minimum Gasteiger partial charge on any atom is -0.480 e. The topological polar surface area (TPSA) is 58.4 Å². The first kappa shape index (κ1) is 11.1. The summed E-state index contributed by atoms with van der Waals surface area (Å²) in [6, 6.07) is 0. The van der Waals surface area contributed by atoms with Gasteiger partial charge in [0.05, 0.1) is 12.9 Å². The molecule has 0 aromatic carbocycles. The highest BCUT2D eigenvalue weighted by Gasteiger charge is 2.24. The van der Waals surface area contributed by atoms with E-state index in [4.69, 9.17) is 5.11 Å². The third-order valence-corrected chi connectivity index (χ3v) is 2.81. The van der Waals surface area contributed by atoms with E-state index in [9.17, 15) is 4.79 Å². The lowest BCUT2D eigenvalue weighted by Crippen LogP contribution is -2.34. The van der Waals surface area contributed by atoms with Crippen LogP contribution < -0.4 is 0 Å². The highest BCUT2D eigenvalue weighted by molar-refractivity contribution is 5.69. The van der Waals surface area contributed by atoms with Crippen LogP contribution in [0.5, 0.6) is 0 Å². The number of hydrogen-bond acceptors (Lipinski definition) is 3. The third-order valence-electron chi connectivity index (χ3n) is 2.81. The Bertz CT molecular complexity index is 333. The van der Waals surface area contributed by atoms with Crippen molar-refractivity contribution in [3.05, 3.63) is 18.7 Å². The quantitative estimate of drug-likeness (QED) is 0.738. The second-order valence-corrected chi connectivity index (χ2v) is 4.37. The highest BCUT2D eigenvalue weighted by atomic mass is 16.4. The Morgan fingerprint density at radius 3 is 2.94 bits per heavy atom. The van der Waals surface area contributed by atoms with Gasteiger partial charge >= 0.3 is 5.97 Å². The van der Waals surface area contributed by atoms with Crippen LogP contribution in [-0.4, -0.2) is 45.2 Å². The van der Waals surface area contributed by atoms with Gasteiger partial charge in [-0.25, -0.2) is 4.98 Å². The number of carboxylic acid groups (broad SMARTS) is 1. The van der Waals surface area contributed by atoms with Crippen LogP contribution >= 0.6 is 0 Å². The number of nitrogens with zero attached hydrogens (tertiary/aromatic N) is 3. The van der Waals surface area contributed by atoms with Crippen molar-refractivity contribution >= 4 is 5.97 Å². The van der Waals surface area contributed by atoms with Crippen molar-refractivity contribution in [2.75, 3.05) is 19.6 Å². The van der Waals surface area contributed by atoms with Gasteiger partial charge in [0.25, 0.3) is 0 Å². The van der Waals surface area contributed by atoms with E-state index < -0.39 is 5.97 Å². The van der Waals surface area contributed by atoms with E-state index in [0.29, 0.717) is 0 Å². The van der Waals surface area contributed by atoms with E-state index in [1.54, 1.807) is 12.5 Å². The van der Waals surface area contributed by atoms with Crippen LogP contribution in [0.15, 0.2) is 18.7 Å². The molecule has 1 aromatic rings. The van der Waals surface area contributed by atoms with Crippen molar-refractivity contribution in [2.45, 2.75) is 19.4 Å². The number of rotatable bonds is 7. The summed E-state index contributed by atoms with van der Waals surface area (Å²) in [5, 5.41) is 8.81. The van der Waals surface area contributed by atoms with Gasteiger partial charge in [0, 0.05) is 32.0 Å². The van der Waals surface area contributed by atoms with Crippen molar-refractivity contribution in [3.8, 4) is 0 Å². The SMILES string of the molecule is O=C(O)CN(CCn1ccnc1)CC1CC1. The molecule has 1 aliphatic rings. The Kier molecular flexibility index (Phi) is 3.56. The second kappa shape index (κ2) is 5.12. The van der Waals surface area contributed by atoms with Crippen LogP contribution in [-0.2, 0) is 11.3 Å². The van der Waals surface area contributed by atoms with E-state index in [-0.39, 0.29) is 6.54 Å². The van der Waals surface area contributed by atoms with Gasteiger partial charge in [-0.05, 0) is 18.8 Å². The second-order valence-electron chi connectivity index (χ2n) is 4.37. The van der Waals surface area contributed by atoms with Crippen LogP contribution in [0.2, 0.25) is 0 Å². The Balaban J connectivity index is 1.78. The molecule has 0 radical (unpaired) electrons. The van der Waals surface area contributed by atoms with Crippen molar-refractivity contribution < 1.29 is 9.90 Å². The van der Waals surface area contributed by atoms with Crippen LogP contribution in [0.4, 0.5) is 0 Å². The Labute approximate surface area is 94.7 Å². The van der Waals surface area contributed by atoms with Crippen LogP contribution in [0.3, 0.4) is 0 Å². The Hall–Kier alpha value is -1.36. The van der Waals surface area contributed by atoms with Crippen molar-refractivity contribution in [2.24, 2.45) is 5.92 Å². The van der Waals surface area contributed by atoms with Gasteiger partial charge < -0.3 is 9.67 Å². The molecule has 0 atom stereocenters. The fourth-order valence-corrected chi connectivity index (χ4v) is 1.77. The minimum atomic E-state index is -0.744. The molecule has 5 heteroatoms. The highest BCUT2D eigenvalue weighted by Crippen LogP contribution is 2.29. The maximum atomic E-state index is 10.7. The molecule has 2 rings (SSSR count). The average Bonchev–Trinajstić information content (AvgIpc) is 2.89. The summed E-state index contributed by atoms with van der Waals surface area (Å²) in [5.41, 5.74) is 0. The number of aromatic nitrogens is 2. The predicted molar refractivity (Wildman–Crippen MR) is 59.0 cm³/mol. The largest absolute Gasteiger partial charge is 0.480 e. The minimum absolute atomic E-state index is 0.144. The monoisotopic (exact) mass is 223 g/mol. The Morgan fingerprint density at radius 2 is 2.38 bits per heavy atom. The fourth-order valence-electron chi connectivity index (χ4n) is 1.77. The summed E-state index contributed by atoms with van der Waals surface area (Å²) in [7, 11) is 0. The molecule has 1 aliphatic carbocycles. The predicted octanol–water partition coefficient (Wildman–Crippen LogP) is 0.680. The zero-order valence-electron chi connectivity index (χ0n) is 9.25. The molecule has 88 valence electrons. The molecule has 16 heavy (non-hydrogen) atoms. The molecule has 0 spiro atoms. The summed E-state index contributed by atoms with van der Waals surface area (Å²) in [6.45, 7) is 2.64.